The van der Waals surface area contributed by atoms with Crippen molar-refractivity contribution in [2.75, 3.05) is 48.3 Å². The number of carbonyl (C=O) groups excluding carboxylic acids is 2. The zero-order chi connectivity index (χ0) is 26.8. The van der Waals surface area contributed by atoms with Gasteiger partial charge in [0.1, 0.15) is 24.0 Å². The molecule has 1 unspecified atom stereocenters. The molecule has 0 bridgehead atoms. The molecule has 3 aromatic carbocycles. The average molecular weight is 519 g/mol. The number of carbonyl (C=O) groups is 2. The van der Waals surface area contributed by atoms with E-state index >= 15 is 0 Å². The van der Waals surface area contributed by atoms with Crippen molar-refractivity contribution in [3.05, 3.63) is 82.9 Å². The number of hydrogen-bond acceptors (Lipinski definition) is 7. The normalized spacial score (nSPS) is 17.3. The SMILES string of the molecule is CN1CCN(c2ccc3c(c2)C(C=O)N(c2cc(NC(=O)c4cc(F)cc(F)c4)ccc2CN)C=N3)CC1. The average Bonchev–Trinajstić information content (AvgIpc) is 2.92. The molecule has 2 aliphatic rings. The van der Waals surface area contributed by atoms with Gasteiger partial charge in [-0.2, -0.15) is 0 Å². The number of benzene rings is 3. The van der Waals surface area contributed by atoms with E-state index in [4.69, 9.17) is 5.73 Å². The summed E-state index contributed by atoms with van der Waals surface area (Å²) in [5.41, 5.74) is 10.1. The van der Waals surface area contributed by atoms with Gasteiger partial charge in [0.2, 0.25) is 0 Å². The number of nitrogens with zero attached hydrogens (tertiary/aromatic N) is 4. The third-order valence-corrected chi connectivity index (χ3v) is 6.91. The van der Waals surface area contributed by atoms with E-state index in [1.165, 1.54) is 0 Å². The topological polar surface area (TPSA) is 94.3 Å². The summed E-state index contributed by atoms with van der Waals surface area (Å²) in [6.07, 6.45) is 2.44. The summed E-state index contributed by atoms with van der Waals surface area (Å²) in [6, 6.07) is 13.0. The van der Waals surface area contributed by atoms with Crippen molar-refractivity contribution in [3.63, 3.8) is 0 Å². The minimum Gasteiger partial charge on any atom is -0.369 e. The van der Waals surface area contributed by atoms with E-state index < -0.39 is 23.6 Å². The van der Waals surface area contributed by atoms with E-state index in [-0.39, 0.29) is 12.1 Å². The summed E-state index contributed by atoms with van der Waals surface area (Å²) in [7, 11) is 2.10. The maximum absolute atomic E-state index is 13.6. The number of aliphatic imine (C=N–C) groups is 1. The lowest BCUT2D eigenvalue weighted by Crippen LogP contribution is -2.44. The number of likely N-dealkylation sites (N-methyl/N-ethyl adjacent to an activating group) is 1. The molecule has 3 N–H and O–H groups in total. The van der Waals surface area contributed by atoms with E-state index in [9.17, 15) is 18.4 Å². The summed E-state index contributed by atoms with van der Waals surface area (Å²) in [5, 5.41) is 2.67. The molecule has 2 aliphatic heterocycles. The van der Waals surface area contributed by atoms with Crippen LogP contribution in [0.2, 0.25) is 0 Å². The van der Waals surface area contributed by atoms with Gasteiger partial charge < -0.3 is 30.5 Å². The molecule has 1 atom stereocenters. The van der Waals surface area contributed by atoms with Crippen LogP contribution in [0.25, 0.3) is 0 Å². The first-order valence-electron chi connectivity index (χ1n) is 12.3. The van der Waals surface area contributed by atoms with Gasteiger partial charge in [0.15, 0.2) is 0 Å². The van der Waals surface area contributed by atoms with Crippen LogP contribution in [0.5, 0.6) is 0 Å². The van der Waals surface area contributed by atoms with Gasteiger partial charge in [0.25, 0.3) is 5.91 Å². The fourth-order valence-electron chi connectivity index (χ4n) is 4.80. The van der Waals surface area contributed by atoms with Crippen molar-refractivity contribution in [1.82, 2.24) is 4.90 Å². The van der Waals surface area contributed by atoms with E-state index in [0.29, 0.717) is 23.1 Å². The third kappa shape index (κ3) is 5.13. The van der Waals surface area contributed by atoms with Gasteiger partial charge in [-0.3, -0.25) is 4.79 Å². The van der Waals surface area contributed by atoms with Gasteiger partial charge in [0, 0.05) is 67.0 Å². The van der Waals surface area contributed by atoms with Crippen LogP contribution in [0.3, 0.4) is 0 Å². The first-order valence-corrected chi connectivity index (χ1v) is 12.3. The highest BCUT2D eigenvalue weighted by molar-refractivity contribution is 6.05. The highest BCUT2D eigenvalue weighted by Crippen LogP contribution is 2.39. The fourth-order valence-corrected chi connectivity index (χ4v) is 4.80. The van der Waals surface area contributed by atoms with Crippen LogP contribution in [-0.4, -0.2) is 56.7 Å². The monoisotopic (exact) mass is 518 g/mol. The van der Waals surface area contributed by atoms with E-state index in [1.807, 2.05) is 18.2 Å². The molecule has 1 saturated heterocycles. The van der Waals surface area contributed by atoms with Crippen LogP contribution in [0.15, 0.2) is 59.6 Å². The summed E-state index contributed by atoms with van der Waals surface area (Å²) in [6.45, 7) is 3.88. The largest absolute Gasteiger partial charge is 0.369 e. The lowest BCUT2D eigenvalue weighted by Gasteiger charge is -2.36. The molecule has 196 valence electrons. The number of halogens is 2. The highest BCUT2D eigenvalue weighted by atomic mass is 19.1. The van der Waals surface area contributed by atoms with Gasteiger partial charge in [-0.1, -0.05) is 6.07 Å². The number of amides is 1. The molecular formula is C28H28F2N6O2. The molecule has 0 radical (unpaired) electrons. The number of fused-ring (bicyclic) bond motifs is 1. The molecule has 5 rings (SSSR count). The van der Waals surface area contributed by atoms with Crippen molar-refractivity contribution in [2.24, 2.45) is 10.7 Å². The minimum absolute atomic E-state index is 0.150. The Morgan fingerprint density at radius 1 is 1.05 bits per heavy atom. The first-order chi connectivity index (χ1) is 18.4. The minimum atomic E-state index is -0.845. The molecule has 1 fully saturated rings. The van der Waals surface area contributed by atoms with Crippen LogP contribution < -0.4 is 20.9 Å². The Bertz CT molecular complexity index is 1380. The highest BCUT2D eigenvalue weighted by Gasteiger charge is 2.28. The second-order valence-corrected chi connectivity index (χ2v) is 9.43. The van der Waals surface area contributed by atoms with Crippen LogP contribution in [-0.2, 0) is 11.3 Å². The molecule has 8 nitrogen and oxygen atoms in total. The van der Waals surface area contributed by atoms with Crippen molar-refractivity contribution >= 4 is 41.3 Å². The number of rotatable bonds is 6. The summed E-state index contributed by atoms with van der Waals surface area (Å²) in [5.74, 6) is -2.36. The standard InChI is InChI=1S/C28H28F2N6O2/c1-34-6-8-35(9-7-34)23-4-5-25-24(14-23)27(16-37)36(17-32-25)26-13-22(3-2-18(26)15-31)33-28(38)19-10-20(29)12-21(30)11-19/h2-5,10-14,16-17,27H,6-9,15,31H2,1H3,(H,33,38). The Morgan fingerprint density at radius 2 is 1.79 bits per heavy atom. The molecule has 0 spiro atoms. The summed E-state index contributed by atoms with van der Waals surface area (Å²) < 4.78 is 27.2. The van der Waals surface area contributed by atoms with Crippen LogP contribution >= 0.6 is 0 Å². The lowest BCUT2D eigenvalue weighted by atomic mass is 9.99. The number of nitrogens with one attached hydrogen (secondary N) is 1. The number of piperazine rings is 1. The van der Waals surface area contributed by atoms with Crippen LogP contribution in [0.4, 0.5) is 31.5 Å². The second-order valence-electron chi connectivity index (χ2n) is 9.43. The first kappa shape index (κ1) is 25.5. The van der Waals surface area contributed by atoms with E-state index in [0.717, 1.165) is 61.4 Å². The predicted octanol–water partition coefficient (Wildman–Crippen LogP) is 3.85. The number of nitrogens with two attached hydrogens (primary N) is 1. The maximum Gasteiger partial charge on any atom is 0.255 e. The lowest BCUT2D eigenvalue weighted by molar-refractivity contribution is -0.108. The molecule has 1 amide bonds. The predicted molar refractivity (Wildman–Crippen MR) is 144 cm³/mol. The number of anilines is 3. The maximum atomic E-state index is 13.6. The quantitative estimate of drug-likeness (QED) is 0.482. The molecule has 0 aromatic heterocycles. The van der Waals surface area contributed by atoms with E-state index in [2.05, 4.69) is 27.2 Å². The molecule has 10 heteroatoms. The van der Waals surface area contributed by atoms with Crippen LogP contribution in [0.1, 0.15) is 27.5 Å². The summed E-state index contributed by atoms with van der Waals surface area (Å²) in [4.78, 5) is 36.0. The van der Waals surface area contributed by atoms with E-state index in [1.54, 1.807) is 29.4 Å². The van der Waals surface area contributed by atoms with Gasteiger partial charge in [-0.15, -0.1) is 0 Å². The van der Waals surface area contributed by atoms with Crippen molar-refractivity contribution in [3.8, 4) is 0 Å². The fraction of sp³-hybridized carbons (Fsp3) is 0.250. The van der Waals surface area contributed by atoms with Crippen molar-refractivity contribution in [2.45, 2.75) is 12.6 Å². The number of aldehydes is 1. The van der Waals surface area contributed by atoms with Gasteiger partial charge in [0.05, 0.1) is 12.0 Å². The Hall–Kier alpha value is -4.15. The second kappa shape index (κ2) is 10.7. The van der Waals surface area contributed by atoms with Crippen molar-refractivity contribution in [1.29, 1.82) is 0 Å². The molecule has 0 aliphatic carbocycles. The van der Waals surface area contributed by atoms with Gasteiger partial charge in [-0.05, 0) is 55.1 Å². The van der Waals surface area contributed by atoms with Crippen molar-refractivity contribution < 1.29 is 18.4 Å². The summed E-state index contributed by atoms with van der Waals surface area (Å²) >= 11 is 0. The Kier molecular flexibility index (Phi) is 7.17. The molecular weight excluding hydrogens is 490 g/mol. The zero-order valence-corrected chi connectivity index (χ0v) is 20.9. The molecule has 38 heavy (non-hydrogen) atoms. The smallest absolute Gasteiger partial charge is 0.255 e. The zero-order valence-electron chi connectivity index (χ0n) is 20.9. The van der Waals surface area contributed by atoms with Gasteiger partial charge in [-0.25, -0.2) is 13.8 Å². The molecule has 0 saturated carbocycles. The van der Waals surface area contributed by atoms with Gasteiger partial charge >= 0.3 is 0 Å². The number of hydrogen-bond donors (Lipinski definition) is 2. The Morgan fingerprint density at radius 3 is 2.47 bits per heavy atom. The third-order valence-electron chi connectivity index (χ3n) is 6.91. The van der Waals surface area contributed by atoms with Crippen LogP contribution in [0, 0.1) is 11.6 Å². The molecule has 2 heterocycles. The Balaban J connectivity index is 1.45. The Labute approximate surface area is 219 Å². The molecule has 3 aromatic rings.